The minimum Gasteiger partial charge on any atom is -0.348 e. The summed E-state index contributed by atoms with van der Waals surface area (Å²) in [6, 6.07) is 38.2. The molecule has 0 N–H and O–H groups in total. The maximum Gasteiger partial charge on any atom is 0.165 e. The Bertz CT molecular complexity index is 3420. The molecule has 281 valence electrons. The largest absolute Gasteiger partial charge is 0.348 e. The van der Waals surface area contributed by atoms with E-state index in [2.05, 4.69) is 29.3 Å². The van der Waals surface area contributed by atoms with Gasteiger partial charge in [0.1, 0.15) is 12.7 Å². The van der Waals surface area contributed by atoms with Gasteiger partial charge in [-0.3, -0.25) is 0 Å². The molecular formula is C51H42IrN5-. The first-order valence-corrected chi connectivity index (χ1v) is 17.9. The van der Waals surface area contributed by atoms with Gasteiger partial charge in [0.15, 0.2) is 6.20 Å². The SMILES string of the molecule is [2H]C([2H])([2H])c1ccc(-c2[c-]cccc2)nc1.[2H]c1cc(C([2H])([2H])C(C)(C)C)cc(C([2H])([2H])[2H])c1-c1cc(-c2[c-]c3c4ccc(C#N)cc4n4c5cc(C#N)ccc5c(c2)c34)[n+](C)cc1C([2H])([2H])[2H].[Ir]. The molecule has 0 saturated heterocycles. The van der Waals surface area contributed by atoms with E-state index in [-0.39, 0.29) is 59.5 Å². The standard InChI is InChI=1S/C39H32N4.C12H10N.Ir/c1-23-13-25(19-39(3,4)5)7-10-29(23)32-18-35(42(6)22-24(32)2)28-16-33-30-11-8-26(20-40)14-36(30)43-37-15-27(21-41)9-12-31(37)34(17-28)38(33)43;1-10-7-8-12(13-9-10)11-5-3-2-4-6-11;/h7-16,18,22H,19H2,1-6H3;2-5,7-9H,1H3;/q;-1;/i1D3,2D3,10D,19D2;1D3;. The van der Waals surface area contributed by atoms with Gasteiger partial charge in [-0.2, -0.15) is 10.5 Å². The summed E-state index contributed by atoms with van der Waals surface area (Å²) < 4.78 is 103. The molecule has 5 nitrogen and oxygen atoms in total. The molecule has 1 radical (unpaired) electrons. The number of fused-ring (bicyclic) bond motifs is 6. The second kappa shape index (κ2) is 15.4. The van der Waals surface area contributed by atoms with Crippen molar-refractivity contribution in [2.24, 2.45) is 12.5 Å². The average Bonchev–Trinajstić information content (AvgIpc) is 3.78. The van der Waals surface area contributed by atoms with Gasteiger partial charge >= 0.3 is 0 Å². The van der Waals surface area contributed by atoms with Crippen LogP contribution in [0.2, 0.25) is 0 Å². The third kappa shape index (κ3) is 7.43. The van der Waals surface area contributed by atoms with Gasteiger partial charge in [0.25, 0.3) is 0 Å². The first kappa shape index (κ1) is 26.6. The third-order valence-electron chi connectivity index (χ3n) is 9.59. The Kier molecular flexibility index (Phi) is 7.20. The summed E-state index contributed by atoms with van der Waals surface area (Å²) in [6.07, 6.45) is 0.811. The van der Waals surface area contributed by atoms with Crippen LogP contribution in [0.15, 0.2) is 115 Å². The van der Waals surface area contributed by atoms with E-state index in [1.54, 1.807) is 80.9 Å². The molecule has 0 aliphatic rings. The van der Waals surface area contributed by atoms with Gasteiger partial charge in [0.2, 0.25) is 0 Å². The summed E-state index contributed by atoms with van der Waals surface area (Å²) >= 11 is 0. The Morgan fingerprint density at radius 3 is 2.23 bits per heavy atom. The van der Waals surface area contributed by atoms with Crippen LogP contribution in [0.25, 0.3) is 71.7 Å². The molecule has 0 aliphatic heterocycles. The molecule has 0 aliphatic carbocycles. The summed E-state index contributed by atoms with van der Waals surface area (Å²) in [5.74, 6) is 0. The number of aryl methyl sites for hydroxylation is 4. The second-order valence-electron chi connectivity index (χ2n) is 14.7. The molecule has 5 aromatic carbocycles. The number of benzene rings is 5. The first-order valence-electron chi connectivity index (χ1n) is 23.9. The van der Waals surface area contributed by atoms with Crippen molar-refractivity contribution >= 4 is 38.1 Å². The summed E-state index contributed by atoms with van der Waals surface area (Å²) in [5, 5.41) is 22.6. The second-order valence-corrected chi connectivity index (χ2v) is 14.7. The Morgan fingerprint density at radius 2 is 1.58 bits per heavy atom. The average molecular weight is 929 g/mol. The van der Waals surface area contributed by atoms with E-state index >= 15 is 0 Å². The number of nitriles is 2. The molecule has 0 amide bonds. The fourth-order valence-electron chi connectivity index (χ4n) is 7.18. The topological polar surface area (TPSA) is 68.8 Å². The van der Waals surface area contributed by atoms with Crippen molar-refractivity contribution in [2.45, 2.75) is 47.7 Å². The van der Waals surface area contributed by atoms with Gasteiger partial charge in [-0.05, 0) is 101 Å². The number of pyridine rings is 2. The summed E-state index contributed by atoms with van der Waals surface area (Å²) in [5.41, 5.74) is 4.73. The molecule has 57 heavy (non-hydrogen) atoms. The van der Waals surface area contributed by atoms with Crippen LogP contribution >= 0.6 is 0 Å². The van der Waals surface area contributed by atoms with E-state index in [0.717, 1.165) is 49.4 Å². The van der Waals surface area contributed by atoms with Crippen molar-refractivity contribution in [1.29, 1.82) is 10.5 Å². The predicted molar refractivity (Wildman–Crippen MR) is 227 cm³/mol. The van der Waals surface area contributed by atoms with E-state index in [9.17, 15) is 10.5 Å². The normalized spacial score (nSPS) is 15.3. The summed E-state index contributed by atoms with van der Waals surface area (Å²) in [6.45, 7) is -2.54. The minimum absolute atomic E-state index is 0. The van der Waals surface area contributed by atoms with Gasteiger partial charge in [-0.1, -0.05) is 91.0 Å². The van der Waals surface area contributed by atoms with Crippen molar-refractivity contribution in [1.82, 2.24) is 9.38 Å². The van der Waals surface area contributed by atoms with Gasteiger partial charge in [0.05, 0.1) is 24.6 Å². The van der Waals surface area contributed by atoms with E-state index in [4.69, 9.17) is 16.4 Å². The fraction of sp³-hybridized carbons (Fsp3) is 0.176. The molecule has 0 bridgehead atoms. The van der Waals surface area contributed by atoms with Crippen LogP contribution in [0.5, 0.6) is 0 Å². The van der Waals surface area contributed by atoms with E-state index in [1.807, 2.05) is 40.8 Å². The molecule has 0 fully saturated rings. The van der Waals surface area contributed by atoms with E-state index in [0.29, 0.717) is 22.4 Å². The number of hydrogen-bond acceptors (Lipinski definition) is 3. The van der Waals surface area contributed by atoms with Crippen LogP contribution in [0.3, 0.4) is 0 Å². The number of aromatic nitrogens is 3. The van der Waals surface area contributed by atoms with Crippen LogP contribution in [-0.4, -0.2) is 9.38 Å². The molecule has 0 saturated carbocycles. The van der Waals surface area contributed by atoms with Crippen molar-refractivity contribution in [3.8, 4) is 45.8 Å². The Morgan fingerprint density at radius 1 is 0.825 bits per heavy atom. The van der Waals surface area contributed by atoms with Crippen LogP contribution in [0.4, 0.5) is 0 Å². The zero-order chi connectivity index (χ0) is 49.5. The van der Waals surface area contributed by atoms with Crippen molar-refractivity contribution in [2.75, 3.05) is 0 Å². The van der Waals surface area contributed by atoms with Crippen LogP contribution in [0, 0.1) is 60.8 Å². The molecule has 4 aromatic heterocycles. The van der Waals surface area contributed by atoms with Gasteiger partial charge in [-0.15, -0.1) is 48.0 Å². The maximum atomic E-state index is 9.71. The molecule has 9 aromatic rings. The molecule has 4 heterocycles. The van der Waals surface area contributed by atoms with Crippen LogP contribution < -0.4 is 4.57 Å². The Hall–Kier alpha value is -6.17. The van der Waals surface area contributed by atoms with Crippen molar-refractivity contribution < 1.29 is 41.1 Å². The molecule has 0 spiro atoms. The van der Waals surface area contributed by atoms with E-state index in [1.165, 1.54) is 24.5 Å². The summed E-state index contributed by atoms with van der Waals surface area (Å²) in [4.78, 5) is 4.12. The van der Waals surface area contributed by atoms with Crippen molar-refractivity contribution in [3.63, 3.8) is 0 Å². The van der Waals surface area contributed by atoms with Gasteiger partial charge in [0, 0.05) is 58.0 Å². The minimum atomic E-state index is -2.81. The quantitative estimate of drug-likeness (QED) is 0.130. The van der Waals surface area contributed by atoms with Crippen molar-refractivity contribution in [3.05, 3.63) is 161 Å². The van der Waals surface area contributed by atoms with Crippen LogP contribution in [-0.2, 0) is 33.5 Å². The molecule has 0 atom stereocenters. The van der Waals surface area contributed by atoms with E-state index < -0.39 is 32.3 Å². The molecule has 0 unspecified atom stereocenters. The Balaban J connectivity index is 0.000000350. The number of hydrogen-bond donors (Lipinski definition) is 0. The monoisotopic (exact) mass is 929 g/mol. The molecular weight excluding hydrogens is 875 g/mol. The first-order chi connectivity index (χ1) is 31.7. The fourth-order valence-corrected chi connectivity index (χ4v) is 7.18. The maximum absolute atomic E-state index is 9.71. The summed E-state index contributed by atoms with van der Waals surface area (Å²) in [7, 11) is 1.69. The molecule has 9 rings (SSSR count). The zero-order valence-electron chi connectivity index (χ0n) is 43.5. The van der Waals surface area contributed by atoms with Gasteiger partial charge in [-0.25, -0.2) is 4.57 Å². The zero-order valence-corrected chi connectivity index (χ0v) is 33.9. The predicted octanol–water partition coefficient (Wildman–Crippen LogP) is 11.6. The third-order valence-corrected chi connectivity index (χ3v) is 9.59. The smallest absolute Gasteiger partial charge is 0.165 e. The molecule has 6 heteroatoms. The number of rotatable bonds is 4. The van der Waals surface area contributed by atoms with Gasteiger partial charge < -0.3 is 9.38 Å². The Labute approximate surface area is 365 Å². The van der Waals surface area contributed by atoms with Crippen LogP contribution in [0.1, 0.15) is 70.6 Å². The number of nitrogens with zero attached hydrogens (tertiary/aromatic N) is 5.